The minimum atomic E-state index is -0.119. The van der Waals surface area contributed by atoms with Gasteiger partial charge in [-0.3, -0.25) is 4.79 Å². The van der Waals surface area contributed by atoms with Crippen LogP contribution in [-0.2, 0) is 0 Å². The predicted molar refractivity (Wildman–Crippen MR) is 89.5 cm³/mol. The Kier molecular flexibility index (Phi) is 5.10. The van der Waals surface area contributed by atoms with Crippen molar-refractivity contribution >= 4 is 11.9 Å². The highest BCUT2D eigenvalue weighted by Crippen LogP contribution is 2.19. The summed E-state index contributed by atoms with van der Waals surface area (Å²) in [7, 11) is 1.63. The molecule has 0 spiro atoms. The van der Waals surface area contributed by atoms with Crippen molar-refractivity contribution in [3.05, 3.63) is 42.2 Å². The van der Waals surface area contributed by atoms with Gasteiger partial charge < -0.3 is 20.1 Å². The summed E-state index contributed by atoms with van der Waals surface area (Å²) in [4.78, 5) is 20.1. The van der Waals surface area contributed by atoms with Crippen molar-refractivity contribution in [3.8, 4) is 11.5 Å². The molecule has 3 rings (SSSR count). The third kappa shape index (κ3) is 4.58. The van der Waals surface area contributed by atoms with Gasteiger partial charge in [-0.05, 0) is 37.1 Å². The smallest absolute Gasteiger partial charge is 0.254 e. The quantitative estimate of drug-likeness (QED) is 0.720. The number of nitrogens with zero attached hydrogens (tertiary/aromatic N) is 2. The Morgan fingerprint density at radius 2 is 1.83 bits per heavy atom. The van der Waals surface area contributed by atoms with E-state index in [0.717, 1.165) is 24.3 Å². The van der Waals surface area contributed by atoms with Crippen LogP contribution in [0, 0.1) is 0 Å². The number of hydrogen-bond acceptors (Lipinski definition) is 6. The summed E-state index contributed by atoms with van der Waals surface area (Å²) in [5, 5.41) is 5.95. The maximum Gasteiger partial charge on any atom is 0.254 e. The van der Waals surface area contributed by atoms with E-state index >= 15 is 0 Å². The second kappa shape index (κ2) is 7.63. The highest BCUT2D eigenvalue weighted by atomic mass is 16.5. The largest absolute Gasteiger partial charge is 0.497 e. The van der Waals surface area contributed by atoms with Crippen LogP contribution in [0.2, 0.25) is 0 Å². The Morgan fingerprint density at radius 1 is 1.17 bits per heavy atom. The molecule has 1 aromatic carbocycles. The second-order valence-electron chi connectivity index (χ2n) is 5.49. The van der Waals surface area contributed by atoms with E-state index in [1.54, 1.807) is 7.11 Å². The van der Waals surface area contributed by atoms with E-state index in [-0.39, 0.29) is 5.91 Å². The molecule has 1 amide bonds. The molecule has 0 bridgehead atoms. The molecule has 7 nitrogen and oxygen atoms in total. The molecule has 1 heterocycles. The minimum absolute atomic E-state index is 0.119. The van der Waals surface area contributed by atoms with E-state index in [0.29, 0.717) is 30.7 Å². The maximum absolute atomic E-state index is 11.8. The number of carbonyl (C=O) groups is 1. The van der Waals surface area contributed by atoms with E-state index in [1.165, 1.54) is 12.4 Å². The van der Waals surface area contributed by atoms with Gasteiger partial charge in [0.05, 0.1) is 19.2 Å². The zero-order valence-corrected chi connectivity index (χ0v) is 13.5. The molecule has 0 unspecified atom stereocenters. The van der Waals surface area contributed by atoms with Crippen LogP contribution in [0.15, 0.2) is 36.7 Å². The molecular formula is C17H20N4O3. The molecule has 2 aromatic rings. The van der Waals surface area contributed by atoms with Crippen LogP contribution in [0.25, 0.3) is 0 Å². The highest BCUT2D eigenvalue weighted by molar-refractivity contribution is 5.94. The molecule has 0 atom stereocenters. The topological polar surface area (TPSA) is 85.4 Å². The summed E-state index contributed by atoms with van der Waals surface area (Å²) in [5.41, 5.74) is 0.474. The van der Waals surface area contributed by atoms with Gasteiger partial charge in [0.1, 0.15) is 18.1 Å². The number of aromatic nitrogens is 2. The molecule has 1 fully saturated rings. The molecule has 1 aliphatic rings. The molecule has 1 saturated carbocycles. The minimum Gasteiger partial charge on any atom is -0.497 e. The fraction of sp³-hybridized carbons (Fsp3) is 0.353. The molecule has 0 saturated heterocycles. The van der Waals surface area contributed by atoms with Gasteiger partial charge in [-0.2, -0.15) is 0 Å². The van der Waals surface area contributed by atoms with E-state index in [2.05, 4.69) is 20.6 Å². The first-order valence-electron chi connectivity index (χ1n) is 7.88. The van der Waals surface area contributed by atoms with Crippen LogP contribution in [0.5, 0.6) is 11.5 Å². The molecule has 7 heteroatoms. The second-order valence-corrected chi connectivity index (χ2v) is 5.49. The van der Waals surface area contributed by atoms with Gasteiger partial charge in [-0.15, -0.1) is 0 Å². The van der Waals surface area contributed by atoms with Crippen molar-refractivity contribution in [2.75, 3.05) is 25.6 Å². The third-order valence-corrected chi connectivity index (χ3v) is 3.54. The lowest BCUT2D eigenvalue weighted by Crippen LogP contribution is -2.25. The van der Waals surface area contributed by atoms with Gasteiger partial charge >= 0.3 is 0 Å². The van der Waals surface area contributed by atoms with Gasteiger partial charge in [0, 0.05) is 18.4 Å². The summed E-state index contributed by atoms with van der Waals surface area (Å²) in [6, 6.07) is 7.71. The Hall–Kier alpha value is -2.83. The Labute approximate surface area is 140 Å². The third-order valence-electron chi connectivity index (χ3n) is 3.54. The van der Waals surface area contributed by atoms with Crippen LogP contribution >= 0.6 is 0 Å². The fourth-order valence-electron chi connectivity index (χ4n) is 2.04. The average molecular weight is 328 g/mol. The van der Waals surface area contributed by atoms with Gasteiger partial charge in [0.25, 0.3) is 5.91 Å². The molecule has 0 aliphatic heterocycles. The first-order valence-corrected chi connectivity index (χ1v) is 7.88. The number of ether oxygens (including phenoxy) is 2. The number of carbonyl (C=O) groups excluding carboxylic acids is 1. The fourth-order valence-corrected chi connectivity index (χ4v) is 2.04. The van der Waals surface area contributed by atoms with Crippen molar-refractivity contribution in [1.82, 2.24) is 15.3 Å². The van der Waals surface area contributed by atoms with E-state index in [9.17, 15) is 4.79 Å². The zero-order valence-electron chi connectivity index (χ0n) is 13.5. The number of nitrogens with one attached hydrogen (secondary N) is 2. The predicted octanol–water partition coefficient (Wildman–Crippen LogP) is 1.87. The summed E-state index contributed by atoms with van der Waals surface area (Å²) in [6.45, 7) is 1.03. The van der Waals surface area contributed by atoms with Crippen molar-refractivity contribution in [2.45, 2.75) is 18.9 Å². The lowest BCUT2D eigenvalue weighted by molar-refractivity contribution is 0.0950. The van der Waals surface area contributed by atoms with E-state index in [4.69, 9.17) is 9.47 Å². The average Bonchev–Trinajstić information content (AvgIpc) is 3.44. The van der Waals surface area contributed by atoms with Gasteiger partial charge in [-0.25, -0.2) is 9.97 Å². The lowest BCUT2D eigenvalue weighted by atomic mass is 10.3. The van der Waals surface area contributed by atoms with Crippen molar-refractivity contribution in [1.29, 1.82) is 0 Å². The first kappa shape index (κ1) is 16.0. The highest BCUT2D eigenvalue weighted by Gasteiger charge is 2.23. The molecule has 1 aromatic heterocycles. The van der Waals surface area contributed by atoms with E-state index in [1.807, 2.05) is 24.3 Å². The normalized spacial score (nSPS) is 13.2. The van der Waals surface area contributed by atoms with Gasteiger partial charge in [-0.1, -0.05) is 0 Å². The summed E-state index contributed by atoms with van der Waals surface area (Å²) in [6.07, 6.45) is 5.16. The van der Waals surface area contributed by atoms with Crippen LogP contribution in [0.4, 0.5) is 5.95 Å². The molecule has 126 valence electrons. The molecular weight excluding hydrogens is 308 g/mol. The number of anilines is 1. The number of amides is 1. The van der Waals surface area contributed by atoms with Crippen molar-refractivity contribution in [2.24, 2.45) is 0 Å². The zero-order chi connectivity index (χ0) is 16.8. The number of benzene rings is 1. The molecule has 2 N–H and O–H groups in total. The van der Waals surface area contributed by atoms with Gasteiger partial charge in [0.2, 0.25) is 5.95 Å². The monoisotopic (exact) mass is 328 g/mol. The molecule has 1 aliphatic carbocycles. The van der Waals surface area contributed by atoms with Crippen molar-refractivity contribution in [3.63, 3.8) is 0 Å². The van der Waals surface area contributed by atoms with Crippen LogP contribution in [0.3, 0.4) is 0 Å². The van der Waals surface area contributed by atoms with Crippen molar-refractivity contribution < 1.29 is 14.3 Å². The molecule has 24 heavy (non-hydrogen) atoms. The molecule has 0 radical (unpaired) electrons. The number of methoxy groups -OCH3 is 1. The number of hydrogen-bond donors (Lipinski definition) is 2. The number of rotatable bonds is 8. The Morgan fingerprint density at radius 3 is 2.46 bits per heavy atom. The lowest BCUT2D eigenvalue weighted by Gasteiger charge is -2.08. The summed E-state index contributed by atoms with van der Waals surface area (Å²) in [5.74, 6) is 1.91. The summed E-state index contributed by atoms with van der Waals surface area (Å²) < 4.78 is 10.7. The van der Waals surface area contributed by atoms with Crippen LogP contribution < -0.4 is 20.1 Å². The van der Waals surface area contributed by atoms with Gasteiger partial charge in [0.15, 0.2) is 0 Å². The Balaban J connectivity index is 1.40. The van der Waals surface area contributed by atoms with E-state index < -0.39 is 0 Å². The Bertz CT molecular complexity index is 669. The standard InChI is InChI=1S/C17H20N4O3/c1-23-14-4-6-15(7-5-14)24-9-8-18-17-19-10-12(11-20-17)16(22)21-13-2-3-13/h4-7,10-11,13H,2-3,8-9H2,1H3,(H,21,22)(H,18,19,20). The van der Waals surface area contributed by atoms with Crippen LogP contribution in [0.1, 0.15) is 23.2 Å². The first-order chi connectivity index (χ1) is 11.7. The maximum atomic E-state index is 11.8. The SMILES string of the molecule is COc1ccc(OCCNc2ncc(C(=O)NC3CC3)cn2)cc1. The van der Waals surface area contributed by atoms with Crippen LogP contribution in [-0.4, -0.2) is 42.2 Å². The summed E-state index contributed by atoms with van der Waals surface area (Å²) >= 11 is 0.